The standard InChI is InChI=1S/C10H22O.C2HF3O2/c1-3-4-5-7-10(2)8-6-9-11;3-2(4,5)1(6)7/h10-11H,3-9H2,1-2H3;(H,6,7). The van der Waals surface area contributed by atoms with E-state index in [1.807, 2.05) is 0 Å². The summed E-state index contributed by atoms with van der Waals surface area (Å²) < 4.78 is 31.7. The fraction of sp³-hybridized carbons (Fsp3) is 0.917. The second-order valence-corrected chi connectivity index (χ2v) is 4.27. The van der Waals surface area contributed by atoms with E-state index in [1.54, 1.807) is 0 Å². The maximum absolute atomic E-state index is 10.6. The van der Waals surface area contributed by atoms with Crippen LogP contribution in [0.15, 0.2) is 0 Å². The van der Waals surface area contributed by atoms with Gasteiger partial charge in [-0.15, -0.1) is 0 Å². The van der Waals surface area contributed by atoms with Crippen LogP contribution in [-0.4, -0.2) is 29.0 Å². The van der Waals surface area contributed by atoms with Crippen molar-refractivity contribution in [2.24, 2.45) is 5.92 Å². The van der Waals surface area contributed by atoms with Gasteiger partial charge < -0.3 is 10.2 Å². The molecule has 110 valence electrons. The highest BCUT2D eigenvalue weighted by atomic mass is 19.4. The van der Waals surface area contributed by atoms with E-state index in [9.17, 15) is 13.2 Å². The first-order chi connectivity index (χ1) is 8.25. The molecule has 0 aromatic heterocycles. The number of carbonyl (C=O) groups is 1. The lowest BCUT2D eigenvalue weighted by Crippen LogP contribution is -2.21. The number of hydrogen-bond donors (Lipinski definition) is 2. The Bertz CT molecular complexity index is 205. The molecule has 18 heavy (non-hydrogen) atoms. The van der Waals surface area contributed by atoms with Crippen LogP contribution in [0, 0.1) is 5.92 Å². The number of rotatable bonds is 7. The zero-order valence-corrected chi connectivity index (χ0v) is 11.0. The van der Waals surface area contributed by atoms with Crippen LogP contribution in [0.2, 0.25) is 0 Å². The highest BCUT2D eigenvalue weighted by molar-refractivity contribution is 5.73. The van der Waals surface area contributed by atoms with Crippen LogP contribution < -0.4 is 0 Å². The number of carboxylic acid groups (broad SMARTS) is 1. The molecule has 0 aliphatic heterocycles. The van der Waals surface area contributed by atoms with Gasteiger partial charge in [0.2, 0.25) is 0 Å². The highest BCUT2D eigenvalue weighted by Gasteiger charge is 2.38. The summed E-state index contributed by atoms with van der Waals surface area (Å²) in [4.78, 5) is 8.90. The SMILES string of the molecule is CCCCCC(C)CCCO.O=C(O)C(F)(F)F. The molecule has 0 rings (SSSR count). The molecule has 0 radical (unpaired) electrons. The van der Waals surface area contributed by atoms with Crippen molar-refractivity contribution in [3.8, 4) is 0 Å². The van der Waals surface area contributed by atoms with E-state index in [0.29, 0.717) is 6.61 Å². The van der Waals surface area contributed by atoms with E-state index in [1.165, 1.54) is 32.1 Å². The van der Waals surface area contributed by atoms with Crippen LogP contribution in [0.3, 0.4) is 0 Å². The molecule has 0 saturated heterocycles. The Balaban J connectivity index is 0. The summed E-state index contributed by atoms with van der Waals surface area (Å²) in [6, 6.07) is 0. The Hall–Kier alpha value is -0.780. The monoisotopic (exact) mass is 272 g/mol. The predicted molar refractivity (Wildman–Crippen MR) is 63.3 cm³/mol. The van der Waals surface area contributed by atoms with Gasteiger partial charge in [0.1, 0.15) is 0 Å². The maximum atomic E-state index is 10.6. The minimum absolute atomic E-state index is 0.359. The first-order valence-corrected chi connectivity index (χ1v) is 6.16. The molecule has 0 aromatic rings. The summed E-state index contributed by atoms with van der Waals surface area (Å²) in [6.07, 6.45) is 2.47. The molecule has 0 spiro atoms. The van der Waals surface area contributed by atoms with Gasteiger partial charge in [-0.1, -0.05) is 39.5 Å². The summed E-state index contributed by atoms with van der Waals surface area (Å²) in [6.45, 7) is 4.88. The zero-order chi connectivity index (χ0) is 14.6. The summed E-state index contributed by atoms with van der Waals surface area (Å²) in [5, 5.41) is 15.7. The van der Waals surface area contributed by atoms with Crippen molar-refractivity contribution in [2.45, 2.75) is 58.5 Å². The normalized spacial score (nSPS) is 12.6. The molecule has 0 aliphatic rings. The Labute approximate surface area is 106 Å². The summed E-state index contributed by atoms with van der Waals surface area (Å²) >= 11 is 0. The van der Waals surface area contributed by atoms with Crippen molar-refractivity contribution < 1.29 is 28.2 Å². The number of hydrogen-bond acceptors (Lipinski definition) is 2. The van der Waals surface area contributed by atoms with Gasteiger partial charge in [-0.05, 0) is 18.8 Å². The lowest BCUT2D eigenvalue weighted by atomic mass is 9.99. The number of unbranched alkanes of at least 4 members (excludes halogenated alkanes) is 2. The van der Waals surface area contributed by atoms with Crippen molar-refractivity contribution in [3.05, 3.63) is 0 Å². The van der Waals surface area contributed by atoms with E-state index in [-0.39, 0.29) is 0 Å². The molecule has 0 amide bonds. The molecule has 0 bridgehead atoms. The van der Waals surface area contributed by atoms with Crippen molar-refractivity contribution in [1.82, 2.24) is 0 Å². The van der Waals surface area contributed by atoms with Crippen molar-refractivity contribution in [1.29, 1.82) is 0 Å². The lowest BCUT2D eigenvalue weighted by molar-refractivity contribution is -0.192. The zero-order valence-electron chi connectivity index (χ0n) is 11.0. The molecular formula is C12H23F3O3. The predicted octanol–water partition coefficient (Wildman–Crippen LogP) is 3.61. The summed E-state index contributed by atoms with van der Waals surface area (Å²) in [7, 11) is 0. The molecule has 2 N–H and O–H groups in total. The Morgan fingerprint density at radius 2 is 1.61 bits per heavy atom. The van der Waals surface area contributed by atoms with E-state index in [2.05, 4.69) is 13.8 Å². The van der Waals surface area contributed by atoms with Gasteiger partial charge in [0.25, 0.3) is 0 Å². The minimum atomic E-state index is -5.08. The van der Waals surface area contributed by atoms with Gasteiger partial charge in [-0.2, -0.15) is 13.2 Å². The number of aliphatic carboxylic acids is 1. The van der Waals surface area contributed by atoms with Crippen molar-refractivity contribution in [3.63, 3.8) is 0 Å². The summed E-state index contributed by atoms with van der Waals surface area (Å²) in [5.41, 5.74) is 0. The fourth-order valence-electron chi connectivity index (χ4n) is 1.33. The Morgan fingerprint density at radius 1 is 1.17 bits per heavy atom. The van der Waals surface area contributed by atoms with Crippen LogP contribution in [0.4, 0.5) is 13.2 Å². The number of carboxylic acids is 1. The second kappa shape index (κ2) is 11.3. The first kappa shape index (κ1) is 19.6. The molecule has 1 atom stereocenters. The van der Waals surface area contributed by atoms with E-state index in [4.69, 9.17) is 15.0 Å². The summed E-state index contributed by atoms with van der Waals surface area (Å²) in [5.74, 6) is -1.94. The highest BCUT2D eigenvalue weighted by Crippen LogP contribution is 2.14. The quantitative estimate of drug-likeness (QED) is 0.696. The lowest BCUT2D eigenvalue weighted by Gasteiger charge is -2.08. The number of halogens is 3. The minimum Gasteiger partial charge on any atom is -0.475 e. The van der Waals surface area contributed by atoms with Crippen molar-refractivity contribution in [2.75, 3.05) is 6.61 Å². The maximum Gasteiger partial charge on any atom is 0.490 e. The molecule has 0 aromatic carbocycles. The average Bonchev–Trinajstić information content (AvgIpc) is 2.26. The molecular weight excluding hydrogens is 249 g/mol. The van der Waals surface area contributed by atoms with E-state index < -0.39 is 12.1 Å². The molecule has 0 aliphatic carbocycles. The van der Waals surface area contributed by atoms with Crippen molar-refractivity contribution >= 4 is 5.97 Å². The fourth-order valence-corrected chi connectivity index (χ4v) is 1.33. The number of aliphatic hydroxyl groups is 1. The van der Waals surface area contributed by atoms with Gasteiger partial charge in [-0.25, -0.2) is 4.79 Å². The van der Waals surface area contributed by atoms with Gasteiger partial charge in [-0.3, -0.25) is 0 Å². The van der Waals surface area contributed by atoms with Crippen LogP contribution in [0.5, 0.6) is 0 Å². The topological polar surface area (TPSA) is 57.5 Å². The molecule has 0 saturated carbocycles. The van der Waals surface area contributed by atoms with Crippen LogP contribution in [0.25, 0.3) is 0 Å². The van der Waals surface area contributed by atoms with Gasteiger partial charge in [0, 0.05) is 6.61 Å². The molecule has 1 unspecified atom stereocenters. The third-order valence-electron chi connectivity index (χ3n) is 2.40. The Morgan fingerprint density at radius 3 is 1.94 bits per heavy atom. The van der Waals surface area contributed by atoms with Crippen LogP contribution in [-0.2, 0) is 4.79 Å². The van der Waals surface area contributed by atoms with Gasteiger partial charge >= 0.3 is 12.1 Å². The van der Waals surface area contributed by atoms with E-state index in [0.717, 1.165) is 12.3 Å². The first-order valence-electron chi connectivity index (χ1n) is 6.16. The van der Waals surface area contributed by atoms with Crippen LogP contribution >= 0.6 is 0 Å². The molecule has 3 nitrogen and oxygen atoms in total. The third kappa shape index (κ3) is 15.2. The number of aliphatic hydroxyl groups excluding tert-OH is 1. The van der Waals surface area contributed by atoms with Crippen LogP contribution in [0.1, 0.15) is 52.4 Å². The van der Waals surface area contributed by atoms with E-state index >= 15 is 0 Å². The second-order valence-electron chi connectivity index (χ2n) is 4.27. The average molecular weight is 272 g/mol. The Kier molecular flexibility index (Phi) is 12.3. The molecule has 0 fully saturated rings. The molecule has 6 heteroatoms. The number of alkyl halides is 3. The third-order valence-corrected chi connectivity index (χ3v) is 2.40. The van der Waals surface area contributed by atoms with Gasteiger partial charge in [0.05, 0.1) is 0 Å². The smallest absolute Gasteiger partial charge is 0.475 e. The molecule has 0 heterocycles. The van der Waals surface area contributed by atoms with Gasteiger partial charge in [0.15, 0.2) is 0 Å². The largest absolute Gasteiger partial charge is 0.490 e.